The van der Waals surface area contributed by atoms with Crippen molar-refractivity contribution in [3.05, 3.63) is 83.0 Å². The van der Waals surface area contributed by atoms with Gasteiger partial charge >= 0.3 is 0 Å². The Hall–Kier alpha value is -2.41. The molecule has 2 aliphatic rings. The summed E-state index contributed by atoms with van der Waals surface area (Å²) < 4.78 is 0. The highest BCUT2D eigenvalue weighted by Crippen LogP contribution is 2.35. The van der Waals surface area contributed by atoms with Crippen LogP contribution in [0.3, 0.4) is 0 Å². The van der Waals surface area contributed by atoms with Crippen LogP contribution in [0.4, 0.5) is 0 Å². The number of aryl methyl sites for hydroxylation is 1. The molecule has 0 bridgehead atoms. The fraction of sp³-hybridized carbons (Fsp3) is 0.346. The Morgan fingerprint density at radius 1 is 0.852 bits per heavy atom. The number of hydrogen-bond acceptors (Lipinski definition) is 1. The van der Waals surface area contributed by atoms with E-state index in [1.165, 1.54) is 46.4 Å². The van der Waals surface area contributed by atoms with E-state index in [1.54, 1.807) is 5.57 Å². The topological polar surface area (TPSA) is 12.4 Å². The highest BCUT2D eigenvalue weighted by Gasteiger charge is 2.22. The van der Waals surface area contributed by atoms with Crippen molar-refractivity contribution < 1.29 is 0 Å². The average molecular weight is 356 g/mol. The van der Waals surface area contributed by atoms with Gasteiger partial charge in [-0.3, -0.25) is 4.99 Å². The van der Waals surface area contributed by atoms with Crippen LogP contribution in [-0.4, -0.2) is 5.71 Å². The van der Waals surface area contributed by atoms with Crippen LogP contribution in [0.2, 0.25) is 0 Å². The molecule has 1 nitrogen and oxygen atoms in total. The quantitative estimate of drug-likeness (QED) is 0.535. The van der Waals surface area contributed by atoms with Crippen LogP contribution in [0.15, 0.2) is 76.8 Å². The van der Waals surface area contributed by atoms with Crippen molar-refractivity contribution in [1.29, 1.82) is 0 Å². The Labute approximate surface area is 163 Å². The van der Waals surface area contributed by atoms with Gasteiger partial charge in [0.25, 0.3) is 0 Å². The summed E-state index contributed by atoms with van der Waals surface area (Å²) in [7, 11) is 0. The second-order valence-corrected chi connectivity index (χ2v) is 7.61. The summed E-state index contributed by atoms with van der Waals surface area (Å²) in [6.07, 6.45) is 11.5. The molecule has 27 heavy (non-hydrogen) atoms. The molecule has 1 heteroatoms. The molecule has 0 radical (unpaired) electrons. The van der Waals surface area contributed by atoms with Gasteiger partial charge < -0.3 is 0 Å². The monoisotopic (exact) mass is 355 g/mol. The summed E-state index contributed by atoms with van der Waals surface area (Å²) in [6.45, 7) is 4.47. The third kappa shape index (κ3) is 3.83. The highest BCUT2D eigenvalue weighted by molar-refractivity contribution is 6.04. The molecule has 0 saturated heterocycles. The van der Waals surface area contributed by atoms with Gasteiger partial charge in [0.05, 0.1) is 6.04 Å². The second kappa shape index (κ2) is 8.08. The first-order chi connectivity index (χ1) is 13.3. The van der Waals surface area contributed by atoms with Crippen LogP contribution in [0, 0.1) is 0 Å². The van der Waals surface area contributed by atoms with E-state index >= 15 is 0 Å². The lowest BCUT2D eigenvalue weighted by Gasteiger charge is -2.14. The molecule has 1 atom stereocenters. The molecule has 0 N–H and O–H groups in total. The maximum Gasteiger partial charge on any atom is 0.0756 e. The molecule has 0 aromatic heterocycles. The van der Waals surface area contributed by atoms with Gasteiger partial charge in [-0.25, -0.2) is 0 Å². The fourth-order valence-electron chi connectivity index (χ4n) is 4.25. The zero-order valence-electron chi connectivity index (χ0n) is 16.5. The maximum absolute atomic E-state index is 5.11. The van der Waals surface area contributed by atoms with Gasteiger partial charge in [0.15, 0.2) is 0 Å². The number of allylic oxidation sites excluding steroid dienone is 4. The standard InChI is InChI=1S/C26H29N/c1-3-19-9-11-21(12-10-19)22-13-15-23(16-14-22)25-17-18-26(27-25)24-8-6-5-7-20(24)4-2/h6,8-16,25H,3-5,7,17-18H2,1-2H3/t25-/m1/s1. The van der Waals surface area contributed by atoms with Crippen molar-refractivity contribution in [3.8, 4) is 11.1 Å². The molecule has 1 aliphatic heterocycles. The zero-order valence-corrected chi connectivity index (χ0v) is 16.5. The van der Waals surface area contributed by atoms with Gasteiger partial charge in [-0.15, -0.1) is 0 Å². The summed E-state index contributed by atoms with van der Waals surface area (Å²) in [4.78, 5) is 5.11. The van der Waals surface area contributed by atoms with E-state index in [4.69, 9.17) is 4.99 Å². The van der Waals surface area contributed by atoms with E-state index < -0.39 is 0 Å². The van der Waals surface area contributed by atoms with E-state index in [1.807, 2.05) is 0 Å². The number of hydrogen-bond donors (Lipinski definition) is 0. The van der Waals surface area contributed by atoms with E-state index in [2.05, 4.69) is 74.5 Å². The molecular formula is C26H29N. The third-order valence-electron chi connectivity index (χ3n) is 5.97. The summed E-state index contributed by atoms with van der Waals surface area (Å²) in [5, 5.41) is 0. The molecule has 2 aromatic carbocycles. The minimum absolute atomic E-state index is 0.317. The van der Waals surface area contributed by atoms with E-state index in [9.17, 15) is 0 Å². The van der Waals surface area contributed by atoms with Crippen LogP contribution in [0.1, 0.15) is 63.1 Å². The number of benzene rings is 2. The Bertz CT molecular complexity index is 879. The number of rotatable bonds is 5. The lowest BCUT2D eigenvalue weighted by Crippen LogP contribution is -2.04. The predicted molar refractivity (Wildman–Crippen MR) is 116 cm³/mol. The smallest absolute Gasteiger partial charge is 0.0756 e. The first-order valence-electron chi connectivity index (χ1n) is 10.4. The van der Waals surface area contributed by atoms with Gasteiger partial charge in [-0.05, 0) is 66.4 Å². The van der Waals surface area contributed by atoms with Crippen LogP contribution in [-0.2, 0) is 6.42 Å². The molecular weight excluding hydrogens is 326 g/mol. The van der Waals surface area contributed by atoms with Crippen LogP contribution in [0.25, 0.3) is 11.1 Å². The number of nitrogens with zero attached hydrogens (tertiary/aromatic N) is 1. The van der Waals surface area contributed by atoms with Crippen LogP contribution < -0.4 is 0 Å². The molecule has 0 spiro atoms. The van der Waals surface area contributed by atoms with Crippen molar-refractivity contribution in [3.63, 3.8) is 0 Å². The lowest BCUT2D eigenvalue weighted by molar-refractivity contribution is 0.723. The van der Waals surface area contributed by atoms with E-state index in [0.29, 0.717) is 6.04 Å². The molecule has 0 fully saturated rings. The van der Waals surface area contributed by atoms with Gasteiger partial charge in [0.1, 0.15) is 0 Å². The predicted octanol–water partition coefficient (Wildman–Crippen LogP) is 7.25. The Kier molecular flexibility index (Phi) is 5.38. The third-order valence-corrected chi connectivity index (χ3v) is 5.97. The van der Waals surface area contributed by atoms with Crippen molar-refractivity contribution >= 4 is 5.71 Å². The van der Waals surface area contributed by atoms with Crippen molar-refractivity contribution in [2.75, 3.05) is 0 Å². The van der Waals surface area contributed by atoms with Crippen molar-refractivity contribution in [2.45, 2.75) is 58.4 Å². The Balaban J connectivity index is 1.53. The van der Waals surface area contributed by atoms with Gasteiger partial charge in [0, 0.05) is 5.71 Å². The average Bonchev–Trinajstić information content (AvgIpc) is 3.24. The maximum atomic E-state index is 5.11. The summed E-state index contributed by atoms with van der Waals surface area (Å²) in [5.74, 6) is 0. The molecule has 0 amide bonds. The first-order valence-corrected chi connectivity index (χ1v) is 10.4. The number of aliphatic imine (C=N–C) groups is 1. The molecule has 0 saturated carbocycles. The molecule has 1 heterocycles. The highest BCUT2D eigenvalue weighted by atomic mass is 14.8. The van der Waals surface area contributed by atoms with Gasteiger partial charge in [-0.2, -0.15) is 0 Å². The largest absolute Gasteiger partial charge is 0.281 e. The van der Waals surface area contributed by atoms with Crippen LogP contribution in [0.5, 0.6) is 0 Å². The summed E-state index contributed by atoms with van der Waals surface area (Å²) >= 11 is 0. The van der Waals surface area contributed by atoms with Gasteiger partial charge in [-0.1, -0.05) is 80.1 Å². The minimum atomic E-state index is 0.317. The minimum Gasteiger partial charge on any atom is -0.281 e. The van der Waals surface area contributed by atoms with Gasteiger partial charge in [0.2, 0.25) is 0 Å². The molecule has 1 aliphatic carbocycles. The van der Waals surface area contributed by atoms with Crippen molar-refractivity contribution in [2.24, 2.45) is 4.99 Å². The fourth-order valence-corrected chi connectivity index (χ4v) is 4.25. The van der Waals surface area contributed by atoms with E-state index in [-0.39, 0.29) is 0 Å². The second-order valence-electron chi connectivity index (χ2n) is 7.61. The van der Waals surface area contributed by atoms with Crippen LogP contribution >= 0.6 is 0 Å². The summed E-state index contributed by atoms with van der Waals surface area (Å²) in [5.41, 5.74) is 9.65. The molecule has 2 aromatic rings. The molecule has 138 valence electrons. The zero-order chi connectivity index (χ0) is 18.6. The Morgan fingerprint density at radius 3 is 2.22 bits per heavy atom. The SMILES string of the molecule is CCC1=C(C2=N[C@@H](c3ccc(-c4ccc(CC)cc4)cc3)CC2)C=CCC1. The molecule has 0 unspecified atom stereocenters. The van der Waals surface area contributed by atoms with Crippen molar-refractivity contribution in [1.82, 2.24) is 0 Å². The summed E-state index contributed by atoms with van der Waals surface area (Å²) in [6, 6.07) is 18.3. The van der Waals surface area contributed by atoms with E-state index in [0.717, 1.165) is 25.7 Å². The Morgan fingerprint density at radius 2 is 1.56 bits per heavy atom. The lowest BCUT2D eigenvalue weighted by atomic mass is 9.91. The first kappa shape index (κ1) is 18.0. The molecule has 4 rings (SSSR count). The normalized spacial score (nSPS) is 19.5.